The van der Waals surface area contributed by atoms with Crippen molar-refractivity contribution in [2.45, 2.75) is 43.8 Å². The zero-order chi connectivity index (χ0) is 18.3. The van der Waals surface area contributed by atoms with Crippen LogP contribution in [0.15, 0.2) is 54.9 Å². The molecule has 1 N–H and O–H groups in total. The predicted molar refractivity (Wildman–Crippen MR) is 102 cm³/mol. The molecule has 0 radical (unpaired) electrons. The fourth-order valence-electron chi connectivity index (χ4n) is 4.37. The Hall–Kier alpha value is -2.73. The van der Waals surface area contributed by atoms with Crippen LogP contribution in [0.2, 0.25) is 0 Å². The summed E-state index contributed by atoms with van der Waals surface area (Å²) in [5.74, 6) is -0.0438. The molecule has 138 valence electrons. The Balaban J connectivity index is 1.27. The van der Waals surface area contributed by atoms with E-state index in [-0.39, 0.29) is 17.5 Å². The third kappa shape index (κ3) is 3.10. The summed E-state index contributed by atoms with van der Waals surface area (Å²) in [7, 11) is 0. The van der Waals surface area contributed by atoms with Gasteiger partial charge in [-0.2, -0.15) is 0 Å². The van der Waals surface area contributed by atoms with Crippen LogP contribution in [0.5, 0.6) is 0 Å². The SMILES string of the molecule is O=C(NC1CCN(Cc2ccccc2)C2(CC2)C1)c1cccc2nncn12. The number of fused-ring (bicyclic) bond motifs is 1. The van der Waals surface area contributed by atoms with Gasteiger partial charge in [0.05, 0.1) is 0 Å². The number of benzene rings is 1. The van der Waals surface area contributed by atoms with E-state index >= 15 is 0 Å². The number of nitrogens with one attached hydrogen (secondary N) is 1. The van der Waals surface area contributed by atoms with Gasteiger partial charge < -0.3 is 5.32 Å². The molecule has 1 saturated heterocycles. The maximum absolute atomic E-state index is 12.8. The number of pyridine rings is 1. The minimum atomic E-state index is -0.0438. The molecule has 3 aromatic rings. The van der Waals surface area contributed by atoms with Crippen molar-refractivity contribution in [2.75, 3.05) is 6.54 Å². The minimum absolute atomic E-state index is 0.0438. The Morgan fingerprint density at radius 2 is 2.00 bits per heavy atom. The number of amides is 1. The van der Waals surface area contributed by atoms with Crippen molar-refractivity contribution < 1.29 is 4.79 Å². The molecule has 1 aliphatic carbocycles. The van der Waals surface area contributed by atoms with E-state index in [4.69, 9.17) is 0 Å². The van der Waals surface area contributed by atoms with Crippen LogP contribution in [-0.2, 0) is 6.54 Å². The van der Waals surface area contributed by atoms with Crippen LogP contribution in [0.4, 0.5) is 0 Å². The first-order valence-electron chi connectivity index (χ1n) is 9.62. The highest BCUT2D eigenvalue weighted by molar-refractivity contribution is 5.93. The standard InChI is InChI=1S/C21H23N5O/c27-20(18-7-4-8-19-24-22-15-26(18)19)23-17-9-12-25(21(13-17)10-11-21)14-16-5-2-1-3-6-16/h1-8,15,17H,9-14H2,(H,23,27). The second-order valence-electron chi connectivity index (χ2n) is 7.76. The highest BCUT2D eigenvalue weighted by Gasteiger charge is 2.51. The summed E-state index contributed by atoms with van der Waals surface area (Å²) in [4.78, 5) is 15.4. The van der Waals surface area contributed by atoms with E-state index < -0.39 is 0 Å². The van der Waals surface area contributed by atoms with E-state index in [1.165, 1.54) is 18.4 Å². The predicted octanol–water partition coefficient (Wildman–Crippen LogP) is 2.66. The summed E-state index contributed by atoms with van der Waals surface area (Å²) in [5.41, 5.74) is 2.92. The Labute approximate surface area is 158 Å². The average molecular weight is 361 g/mol. The highest BCUT2D eigenvalue weighted by Crippen LogP contribution is 2.48. The smallest absolute Gasteiger partial charge is 0.268 e. The van der Waals surface area contributed by atoms with Crippen molar-refractivity contribution >= 4 is 11.6 Å². The summed E-state index contributed by atoms with van der Waals surface area (Å²) in [6.45, 7) is 2.03. The molecule has 3 heterocycles. The van der Waals surface area contributed by atoms with Crippen molar-refractivity contribution in [3.63, 3.8) is 0 Å². The first kappa shape index (κ1) is 16.4. The second-order valence-corrected chi connectivity index (χ2v) is 7.76. The third-order valence-electron chi connectivity index (χ3n) is 5.99. The molecule has 1 aliphatic heterocycles. The summed E-state index contributed by atoms with van der Waals surface area (Å²) in [5, 5.41) is 11.2. The third-order valence-corrected chi connectivity index (χ3v) is 5.99. The number of carbonyl (C=O) groups is 1. The van der Waals surface area contributed by atoms with Crippen LogP contribution in [0.1, 0.15) is 41.7 Å². The van der Waals surface area contributed by atoms with Gasteiger partial charge in [0.15, 0.2) is 5.65 Å². The quantitative estimate of drug-likeness (QED) is 0.776. The van der Waals surface area contributed by atoms with Crippen LogP contribution >= 0.6 is 0 Å². The number of aromatic nitrogens is 3. The zero-order valence-electron chi connectivity index (χ0n) is 15.2. The van der Waals surface area contributed by atoms with Gasteiger partial charge in [-0.25, -0.2) is 0 Å². The summed E-state index contributed by atoms with van der Waals surface area (Å²) < 4.78 is 1.74. The van der Waals surface area contributed by atoms with E-state index in [1.54, 1.807) is 10.7 Å². The van der Waals surface area contributed by atoms with Gasteiger partial charge in [0.25, 0.3) is 5.91 Å². The highest BCUT2D eigenvalue weighted by atomic mass is 16.2. The average Bonchev–Trinajstić information content (AvgIpc) is 3.27. The van der Waals surface area contributed by atoms with Crippen molar-refractivity contribution in [1.82, 2.24) is 24.8 Å². The van der Waals surface area contributed by atoms with Crippen LogP contribution in [-0.4, -0.2) is 43.5 Å². The number of hydrogen-bond donors (Lipinski definition) is 1. The molecule has 1 unspecified atom stereocenters. The maximum atomic E-state index is 12.8. The molecule has 2 fully saturated rings. The molecule has 1 aromatic carbocycles. The summed E-state index contributed by atoms with van der Waals surface area (Å²) >= 11 is 0. The van der Waals surface area contributed by atoms with Crippen LogP contribution in [0.3, 0.4) is 0 Å². The Morgan fingerprint density at radius 3 is 2.81 bits per heavy atom. The van der Waals surface area contributed by atoms with Crippen molar-refractivity contribution in [3.8, 4) is 0 Å². The lowest BCUT2D eigenvalue weighted by molar-refractivity contribution is 0.0792. The molecule has 1 atom stereocenters. The maximum Gasteiger partial charge on any atom is 0.268 e. The summed E-state index contributed by atoms with van der Waals surface area (Å²) in [6.07, 6.45) is 6.07. The molecule has 0 bridgehead atoms. The lowest BCUT2D eigenvalue weighted by atomic mass is 9.94. The topological polar surface area (TPSA) is 62.5 Å². The van der Waals surface area contributed by atoms with Crippen LogP contribution in [0, 0.1) is 0 Å². The normalized spacial score (nSPS) is 21.4. The molecule has 5 rings (SSSR count). The van der Waals surface area contributed by atoms with Crippen LogP contribution in [0.25, 0.3) is 5.65 Å². The molecule has 1 spiro atoms. The lowest BCUT2D eigenvalue weighted by Gasteiger charge is -2.40. The molecular formula is C21H23N5O. The minimum Gasteiger partial charge on any atom is -0.348 e. The summed E-state index contributed by atoms with van der Waals surface area (Å²) in [6, 6.07) is 16.4. The van der Waals surface area contributed by atoms with E-state index in [0.29, 0.717) is 11.3 Å². The van der Waals surface area contributed by atoms with Gasteiger partial charge >= 0.3 is 0 Å². The molecule has 2 aliphatic rings. The van der Waals surface area contributed by atoms with E-state index in [9.17, 15) is 4.79 Å². The van der Waals surface area contributed by atoms with Crippen molar-refractivity contribution in [1.29, 1.82) is 0 Å². The van der Waals surface area contributed by atoms with Crippen molar-refractivity contribution in [3.05, 3.63) is 66.1 Å². The van der Waals surface area contributed by atoms with Gasteiger partial charge in [0.1, 0.15) is 12.0 Å². The molecule has 1 amide bonds. The number of nitrogens with zero attached hydrogens (tertiary/aromatic N) is 4. The fourth-order valence-corrected chi connectivity index (χ4v) is 4.37. The lowest BCUT2D eigenvalue weighted by Crippen LogP contribution is -2.51. The van der Waals surface area contributed by atoms with Gasteiger partial charge in [-0.15, -0.1) is 10.2 Å². The Bertz CT molecular complexity index is 963. The molecule has 6 heteroatoms. The van der Waals surface area contributed by atoms with Gasteiger partial charge in [-0.05, 0) is 43.4 Å². The van der Waals surface area contributed by atoms with Crippen molar-refractivity contribution in [2.24, 2.45) is 0 Å². The largest absolute Gasteiger partial charge is 0.348 e. The molecule has 27 heavy (non-hydrogen) atoms. The fraction of sp³-hybridized carbons (Fsp3) is 0.381. The number of carbonyl (C=O) groups excluding carboxylic acids is 1. The first-order chi connectivity index (χ1) is 13.2. The Kier molecular flexibility index (Phi) is 3.93. The molecule has 6 nitrogen and oxygen atoms in total. The number of hydrogen-bond acceptors (Lipinski definition) is 4. The number of likely N-dealkylation sites (tertiary alicyclic amines) is 1. The van der Waals surface area contributed by atoms with Gasteiger partial charge in [-0.3, -0.25) is 14.1 Å². The molecule has 1 saturated carbocycles. The van der Waals surface area contributed by atoms with E-state index in [0.717, 1.165) is 25.9 Å². The van der Waals surface area contributed by atoms with Gasteiger partial charge in [0, 0.05) is 24.7 Å². The van der Waals surface area contributed by atoms with E-state index in [1.807, 2.05) is 18.2 Å². The first-order valence-corrected chi connectivity index (χ1v) is 9.62. The molecule has 2 aromatic heterocycles. The number of rotatable bonds is 4. The molecular weight excluding hydrogens is 338 g/mol. The van der Waals surface area contributed by atoms with Gasteiger partial charge in [-0.1, -0.05) is 36.4 Å². The number of piperidine rings is 1. The van der Waals surface area contributed by atoms with E-state index in [2.05, 4.69) is 50.7 Å². The monoisotopic (exact) mass is 361 g/mol. The van der Waals surface area contributed by atoms with Gasteiger partial charge in [0.2, 0.25) is 0 Å². The zero-order valence-corrected chi connectivity index (χ0v) is 15.2. The second kappa shape index (κ2) is 6.46. The van der Waals surface area contributed by atoms with Crippen LogP contribution < -0.4 is 5.32 Å². The Morgan fingerprint density at radius 1 is 1.15 bits per heavy atom.